The first kappa shape index (κ1) is 28.3. The number of nitrogens with one attached hydrogen (secondary N) is 1. The Bertz CT molecular complexity index is 1070. The first-order chi connectivity index (χ1) is 18.2. The van der Waals surface area contributed by atoms with Crippen LogP contribution in [0.5, 0.6) is 5.75 Å². The molecule has 0 bridgehead atoms. The third-order valence-corrected chi connectivity index (χ3v) is 7.22. The topological polar surface area (TPSA) is 93.2 Å². The summed E-state index contributed by atoms with van der Waals surface area (Å²) in [5.74, 6) is 1.06. The number of hydrogen-bond acceptors (Lipinski definition) is 7. The highest BCUT2D eigenvalue weighted by Gasteiger charge is 2.35. The maximum atomic E-state index is 12.4. The Balaban J connectivity index is 1.27. The molecule has 0 unspecified atom stereocenters. The lowest BCUT2D eigenvalue weighted by atomic mass is 9.99. The molecule has 3 heterocycles. The van der Waals surface area contributed by atoms with Crippen molar-refractivity contribution < 1.29 is 24.1 Å². The van der Waals surface area contributed by atoms with Crippen LogP contribution in [0.25, 0.3) is 0 Å². The van der Waals surface area contributed by atoms with Gasteiger partial charge in [-0.15, -0.1) is 0 Å². The second-order valence-electron chi connectivity index (χ2n) is 11.2. The van der Waals surface area contributed by atoms with Crippen molar-refractivity contribution in [2.24, 2.45) is 0 Å². The van der Waals surface area contributed by atoms with Crippen molar-refractivity contribution in [3.05, 3.63) is 52.7 Å². The van der Waals surface area contributed by atoms with Gasteiger partial charge in [-0.1, -0.05) is 24.3 Å². The number of nitrogens with zero attached hydrogens (tertiary/aromatic N) is 2. The molecule has 0 aliphatic carbocycles. The van der Waals surface area contributed by atoms with Gasteiger partial charge in [-0.3, -0.25) is 9.69 Å². The summed E-state index contributed by atoms with van der Waals surface area (Å²) in [7, 11) is 1.72. The van der Waals surface area contributed by atoms with Gasteiger partial charge in [0.15, 0.2) is 0 Å². The fraction of sp³-hybridized carbons (Fsp3) is 0.600. The minimum Gasteiger partial charge on any atom is -0.496 e. The van der Waals surface area contributed by atoms with Gasteiger partial charge < -0.3 is 24.6 Å². The van der Waals surface area contributed by atoms with Crippen LogP contribution in [-0.4, -0.2) is 66.0 Å². The third-order valence-electron chi connectivity index (χ3n) is 7.22. The number of carboxylic acids is 1. The summed E-state index contributed by atoms with van der Waals surface area (Å²) in [5.41, 5.74) is 3.65. The number of pyridine rings is 1. The predicted molar refractivity (Wildman–Crippen MR) is 148 cm³/mol. The number of carboxylic acid groups (broad SMARTS) is 1. The van der Waals surface area contributed by atoms with Crippen molar-refractivity contribution in [3.8, 4) is 5.75 Å². The molecule has 2 aliphatic heterocycles. The van der Waals surface area contributed by atoms with Crippen LogP contribution in [0.4, 0.5) is 5.82 Å². The number of rotatable bonds is 12. The average Bonchev–Trinajstić information content (AvgIpc) is 3.35. The summed E-state index contributed by atoms with van der Waals surface area (Å²) < 4.78 is 17.7. The molecule has 1 fully saturated rings. The summed E-state index contributed by atoms with van der Waals surface area (Å²) in [6.07, 6.45) is 5.76. The average molecular weight is 526 g/mol. The van der Waals surface area contributed by atoms with E-state index in [1.54, 1.807) is 7.11 Å². The summed E-state index contributed by atoms with van der Waals surface area (Å²) in [5, 5.41) is 13.5. The lowest BCUT2D eigenvalue weighted by Crippen LogP contribution is -2.34. The molecule has 2 aromatic rings. The minimum atomic E-state index is -0.837. The van der Waals surface area contributed by atoms with Gasteiger partial charge in [0.25, 0.3) is 0 Å². The highest BCUT2D eigenvalue weighted by Crippen LogP contribution is 2.31. The Morgan fingerprint density at radius 3 is 2.84 bits per heavy atom. The molecule has 208 valence electrons. The molecule has 8 nitrogen and oxygen atoms in total. The van der Waals surface area contributed by atoms with Crippen LogP contribution in [0.3, 0.4) is 0 Å². The van der Waals surface area contributed by atoms with Crippen LogP contribution in [0, 0.1) is 0 Å². The summed E-state index contributed by atoms with van der Waals surface area (Å²) in [6, 6.07) is 9.07. The lowest BCUT2D eigenvalue weighted by Gasteiger charge is -2.27. The number of benzene rings is 1. The van der Waals surface area contributed by atoms with Gasteiger partial charge in [0.05, 0.1) is 25.4 Å². The second-order valence-corrected chi connectivity index (χ2v) is 11.2. The van der Waals surface area contributed by atoms with Crippen LogP contribution in [-0.2, 0) is 33.7 Å². The minimum absolute atomic E-state index is 0.0426. The standard InChI is InChI=1S/C30H43N3O5/c1-30(2,3)38-20-21-10-5-6-12-24(21)27(29(34)35)33-16-14-23(19-33)37-17-8-7-11-22-18-26(36-4)25-13-9-15-31-28(25)32-22/h5-6,10,12,18,23,27H,7-9,11,13-17,19-20H2,1-4H3,(H,31,32)(H,34,35)/t23-,27+/m1/s1. The van der Waals surface area contributed by atoms with E-state index in [4.69, 9.17) is 19.2 Å². The number of aromatic nitrogens is 1. The van der Waals surface area contributed by atoms with Crippen LogP contribution in [0.2, 0.25) is 0 Å². The Labute approximate surface area is 226 Å². The quantitative estimate of drug-likeness (QED) is 0.374. The molecule has 38 heavy (non-hydrogen) atoms. The van der Waals surface area contributed by atoms with E-state index in [1.165, 1.54) is 5.56 Å². The van der Waals surface area contributed by atoms with E-state index in [0.717, 1.165) is 73.5 Å². The summed E-state index contributed by atoms with van der Waals surface area (Å²) in [4.78, 5) is 19.2. The van der Waals surface area contributed by atoms with Crippen molar-refractivity contribution >= 4 is 11.8 Å². The number of hydrogen-bond donors (Lipinski definition) is 2. The molecule has 2 N–H and O–H groups in total. The summed E-state index contributed by atoms with van der Waals surface area (Å²) in [6.45, 7) is 9.32. The summed E-state index contributed by atoms with van der Waals surface area (Å²) >= 11 is 0. The number of carbonyl (C=O) groups is 1. The zero-order valence-corrected chi connectivity index (χ0v) is 23.3. The maximum Gasteiger partial charge on any atom is 0.325 e. The van der Waals surface area contributed by atoms with Gasteiger partial charge in [-0.25, -0.2) is 4.98 Å². The zero-order valence-electron chi connectivity index (χ0n) is 23.3. The molecule has 1 aromatic carbocycles. The first-order valence-corrected chi connectivity index (χ1v) is 13.9. The smallest absolute Gasteiger partial charge is 0.325 e. The third kappa shape index (κ3) is 7.46. The fourth-order valence-electron chi connectivity index (χ4n) is 5.26. The number of aryl methyl sites for hydroxylation is 1. The van der Waals surface area contributed by atoms with Crippen LogP contribution in [0.1, 0.15) is 74.9 Å². The molecule has 0 radical (unpaired) electrons. The highest BCUT2D eigenvalue weighted by molar-refractivity contribution is 5.76. The van der Waals surface area contributed by atoms with Crippen molar-refractivity contribution in [1.29, 1.82) is 0 Å². The van der Waals surface area contributed by atoms with Crippen molar-refractivity contribution in [2.45, 2.75) is 83.6 Å². The van der Waals surface area contributed by atoms with Crippen LogP contribution >= 0.6 is 0 Å². The number of anilines is 1. The molecule has 4 rings (SSSR count). The SMILES string of the molecule is COc1cc(CCCCO[C@@H]2CCN([C@H](C(=O)O)c3ccccc3COC(C)(C)C)C2)nc2c1CCCN2. The van der Waals surface area contributed by atoms with Crippen molar-refractivity contribution in [3.63, 3.8) is 0 Å². The fourth-order valence-corrected chi connectivity index (χ4v) is 5.26. The largest absolute Gasteiger partial charge is 0.496 e. The van der Waals surface area contributed by atoms with E-state index in [1.807, 2.05) is 49.9 Å². The van der Waals surface area contributed by atoms with Crippen molar-refractivity contribution in [1.82, 2.24) is 9.88 Å². The molecule has 1 saturated heterocycles. The van der Waals surface area contributed by atoms with Crippen LogP contribution < -0.4 is 10.1 Å². The van der Waals surface area contributed by atoms with E-state index < -0.39 is 12.0 Å². The Morgan fingerprint density at radius 1 is 1.26 bits per heavy atom. The van der Waals surface area contributed by atoms with Gasteiger partial charge >= 0.3 is 5.97 Å². The molecular weight excluding hydrogens is 482 g/mol. The maximum absolute atomic E-state index is 12.4. The second kappa shape index (κ2) is 12.9. The Kier molecular flexibility index (Phi) is 9.63. The first-order valence-electron chi connectivity index (χ1n) is 13.9. The van der Waals surface area contributed by atoms with Crippen LogP contribution in [0.15, 0.2) is 30.3 Å². The number of aliphatic carboxylic acids is 1. The molecular formula is C30H43N3O5. The molecule has 0 spiro atoms. The predicted octanol–water partition coefficient (Wildman–Crippen LogP) is 5.00. The molecule has 1 aromatic heterocycles. The monoisotopic (exact) mass is 525 g/mol. The number of unbranched alkanes of at least 4 members (excludes halogenated alkanes) is 1. The van der Waals surface area contributed by atoms with E-state index >= 15 is 0 Å². The van der Waals surface area contributed by atoms with E-state index in [9.17, 15) is 9.90 Å². The van der Waals surface area contributed by atoms with Gasteiger partial charge in [0.1, 0.15) is 17.6 Å². The van der Waals surface area contributed by atoms with Gasteiger partial charge in [0.2, 0.25) is 0 Å². The van der Waals surface area contributed by atoms with Gasteiger partial charge in [-0.05, 0) is 70.4 Å². The normalized spacial score (nSPS) is 18.6. The van der Waals surface area contributed by atoms with E-state index in [0.29, 0.717) is 26.3 Å². The zero-order chi connectivity index (χ0) is 27.1. The molecule has 0 amide bonds. The van der Waals surface area contributed by atoms with Gasteiger partial charge in [0, 0.05) is 43.6 Å². The van der Waals surface area contributed by atoms with Crippen molar-refractivity contribution in [2.75, 3.05) is 38.7 Å². The van der Waals surface area contributed by atoms with Gasteiger partial charge in [-0.2, -0.15) is 0 Å². The Morgan fingerprint density at radius 2 is 2.08 bits per heavy atom. The van der Waals surface area contributed by atoms with E-state index in [-0.39, 0.29) is 11.7 Å². The highest BCUT2D eigenvalue weighted by atomic mass is 16.5. The molecule has 8 heteroatoms. The number of methoxy groups -OCH3 is 1. The Hall–Kier alpha value is -2.68. The number of likely N-dealkylation sites (tertiary alicyclic amines) is 1. The number of fused-ring (bicyclic) bond motifs is 1. The molecule has 2 atom stereocenters. The van der Waals surface area contributed by atoms with E-state index in [2.05, 4.69) is 11.4 Å². The number of ether oxygens (including phenoxy) is 3. The molecule has 2 aliphatic rings. The molecule has 0 saturated carbocycles. The lowest BCUT2D eigenvalue weighted by molar-refractivity contribution is -0.143.